The number of nitrogens with one attached hydrogen (secondary N) is 1. The lowest BCUT2D eigenvalue weighted by molar-refractivity contribution is -0.124. The third-order valence-electron chi connectivity index (χ3n) is 6.01. The summed E-state index contributed by atoms with van der Waals surface area (Å²) < 4.78 is 5.78. The van der Waals surface area contributed by atoms with Gasteiger partial charge in [0.05, 0.1) is 23.9 Å². The summed E-state index contributed by atoms with van der Waals surface area (Å²) in [5.74, 6) is -1.00. The Morgan fingerprint density at radius 3 is 2.50 bits per heavy atom. The van der Waals surface area contributed by atoms with Crippen molar-refractivity contribution < 1.29 is 19.1 Å². The van der Waals surface area contributed by atoms with Gasteiger partial charge in [-0.05, 0) is 37.4 Å². The smallest absolute Gasteiger partial charge is 0.294 e. The molecule has 0 fully saturated rings. The molecule has 0 saturated heterocycles. The zero-order valence-electron chi connectivity index (χ0n) is 23.2. The normalized spacial score (nSPS) is 10.8. The minimum atomic E-state index is -0.604. The van der Waals surface area contributed by atoms with Gasteiger partial charge in [0.2, 0.25) is 5.91 Å². The fourth-order valence-electron chi connectivity index (χ4n) is 3.82. The van der Waals surface area contributed by atoms with Crippen LogP contribution in [0.5, 0.6) is 0 Å². The quantitative estimate of drug-likeness (QED) is 0.146. The van der Waals surface area contributed by atoms with Crippen molar-refractivity contribution in [1.82, 2.24) is 19.8 Å². The summed E-state index contributed by atoms with van der Waals surface area (Å²) in [5, 5.41) is 3.21. The molecule has 9 nitrogen and oxygen atoms in total. The second-order valence-corrected chi connectivity index (χ2v) is 10.1. The minimum absolute atomic E-state index is 0.251. The standard InChI is InChI=1S/C30H34ClN5O4/c1-6-28(37)34-25-15-20(11-12-22(25)19-40-14-13-35(2)3)16-27-32-18-24(31)26(33-27)17-21-9-7-8-10-23(21)29(38)30(39)36(4)5/h6-12,15,18H,1,13-14,16-17,19H2,2-5H3,(H,34,37). The maximum atomic E-state index is 12.8. The topological polar surface area (TPSA) is 105 Å². The van der Waals surface area contributed by atoms with Gasteiger partial charge in [-0.2, -0.15) is 0 Å². The van der Waals surface area contributed by atoms with Crippen molar-refractivity contribution >= 4 is 34.9 Å². The Balaban J connectivity index is 1.83. The molecule has 3 rings (SSSR count). The summed E-state index contributed by atoms with van der Waals surface area (Å²) >= 11 is 6.43. The number of rotatable bonds is 13. The molecule has 3 aromatic rings. The van der Waals surface area contributed by atoms with Gasteiger partial charge in [-0.1, -0.05) is 54.6 Å². The van der Waals surface area contributed by atoms with Crippen LogP contribution in [0.4, 0.5) is 5.69 Å². The number of carbonyl (C=O) groups excluding carboxylic acids is 3. The molecular weight excluding hydrogens is 530 g/mol. The van der Waals surface area contributed by atoms with Crippen LogP contribution in [-0.4, -0.2) is 78.7 Å². The van der Waals surface area contributed by atoms with Crippen molar-refractivity contribution in [2.45, 2.75) is 19.4 Å². The van der Waals surface area contributed by atoms with E-state index in [0.717, 1.165) is 17.7 Å². The fourth-order valence-corrected chi connectivity index (χ4v) is 3.98. The van der Waals surface area contributed by atoms with E-state index in [1.165, 1.54) is 31.3 Å². The van der Waals surface area contributed by atoms with Gasteiger partial charge in [0.25, 0.3) is 11.7 Å². The molecule has 0 aliphatic rings. The monoisotopic (exact) mass is 563 g/mol. The van der Waals surface area contributed by atoms with Crippen LogP contribution in [0.15, 0.2) is 61.3 Å². The Morgan fingerprint density at radius 2 is 1.80 bits per heavy atom. The number of hydrogen-bond donors (Lipinski definition) is 1. The van der Waals surface area contributed by atoms with Crippen molar-refractivity contribution in [2.24, 2.45) is 0 Å². The zero-order valence-corrected chi connectivity index (χ0v) is 24.0. The van der Waals surface area contributed by atoms with Crippen LogP contribution >= 0.6 is 11.6 Å². The summed E-state index contributed by atoms with van der Waals surface area (Å²) in [6, 6.07) is 12.6. The number of nitrogens with zero attached hydrogens (tertiary/aromatic N) is 4. The molecule has 0 spiro atoms. The number of halogens is 1. The Hall–Kier alpha value is -3.92. The third kappa shape index (κ3) is 8.54. The van der Waals surface area contributed by atoms with Gasteiger partial charge in [-0.25, -0.2) is 9.97 Å². The first-order chi connectivity index (χ1) is 19.1. The van der Waals surface area contributed by atoms with Gasteiger partial charge in [-0.3, -0.25) is 14.4 Å². The van der Waals surface area contributed by atoms with Crippen molar-refractivity contribution in [3.63, 3.8) is 0 Å². The number of amides is 2. The van der Waals surface area contributed by atoms with Crippen LogP contribution in [0.3, 0.4) is 0 Å². The summed E-state index contributed by atoms with van der Waals surface area (Å²) in [6.45, 7) is 5.22. The van der Waals surface area contributed by atoms with E-state index >= 15 is 0 Å². The van der Waals surface area contributed by atoms with Crippen LogP contribution in [0.1, 0.15) is 38.6 Å². The summed E-state index contributed by atoms with van der Waals surface area (Å²) in [5.41, 5.74) is 3.82. The number of Topliss-reactive ketones (excluding diaryl/α,β-unsaturated/α-hetero) is 1. The molecule has 0 aliphatic carbocycles. The van der Waals surface area contributed by atoms with Crippen molar-refractivity contribution in [3.05, 3.63) is 100 Å². The maximum absolute atomic E-state index is 12.8. The summed E-state index contributed by atoms with van der Waals surface area (Å²) in [4.78, 5) is 49.5. The summed E-state index contributed by atoms with van der Waals surface area (Å²) in [7, 11) is 7.02. The first-order valence-electron chi connectivity index (χ1n) is 12.7. The lowest BCUT2D eigenvalue weighted by Crippen LogP contribution is -2.30. The van der Waals surface area contributed by atoms with E-state index in [2.05, 4.69) is 21.9 Å². The van der Waals surface area contributed by atoms with E-state index in [1.807, 2.05) is 37.2 Å². The summed E-state index contributed by atoms with van der Waals surface area (Å²) in [6.07, 6.45) is 3.37. The SMILES string of the molecule is C=CC(=O)Nc1cc(Cc2ncc(Cl)c(Cc3ccccc3C(=O)C(=O)N(C)C)n2)ccc1COCCN(C)C. The van der Waals surface area contributed by atoms with Crippen LogP contribution in [0.25, 0.3) is 0 Å². The molecule has 0 aliphatic heterocycles. The minimum Gasteiger partial charge on any atom is -0.375 e. The van der Waals surface area contributed by atoms with Crippen LogP contribution in [0, 0.1) is 0 Å². The number of anilines is 1. The molecule has 1 aromatic heterocycles. The van der Waals surface area contributed by atoms with E-state index < -0.39 is 11.7 Å². The van der Waals surface area contributed by atoms with E-state index in [9.17, 15) is 14.4 Å². The van der Waals surface area contributed by atoms with Crippen molar-refractivity contribution in [1.29, 1.82) is 0 Å². The molecule has 2 aromatic carbocycles. The predicted molar refractivity (Wildman–Crippen MR) is 156 cm³/mol. The number of carbonyl (C=O) groups is 3. The highest BCUT2D eigenvalue weighted by atomic mass is 35.5. The molecule has 0 saturated carbocycles. The molecule has 0 radical (unpaired) electrons. The molecule has 0 atom stereocenters. The van der Waals surface area contributed by atoms with Gasteiger partial charge >= 0.3 is 0 Å². The van der Waals surface area contributed by atoms with E-state index in [1.54, 1.807) is 24.3 Å². The number of benzene rings is 2. The average molecular weight is 564 g/mol. The lowest BCUT2D eigenvalue weighted by atomic mass is 9.99. The van der Waals surface area contributed by atoms with Crippen molar-refractivity contribution in [3.8, 4) is 0 Å². The molecule has 2 amide bonds. The number of ketones is 1. The molecule has 210 valence electrons. The average Bonchev–Trinajstić information content (AvgIpc) is 2.93. The zero-order chi connectivity index (χ0) is 29.2. The first-order valence-corrected chi connectivity index (χ1v) is 13.1. The number of aromatic nitrogens is 2. The third-order valence-corrected chi connectivity index (χ3v) is 6.32. The Kier molecular flexibility index (Phi) is 11.1. The predicted octanol–water partition coefficient (Wildman–Crippen LogP) is 3.79. The Labute approximate surface area is 239 Å². The molecule has 0 unspecified atom stereocenters. The lowest BCUT2D eigenvalue weighted by Gasteiger charge is -2.14. The van der Waals surface area contributed by atoms with Gasteiger partial charge in [0, 0.05) is 56.5 Å². The van der Waals surface area contributed by atoms with Crippen LogP contribution < -0.4 is 5.32 Å². The van der Waals surface area contributed by atoms with Gasteiger partial charge in [0.1, 0.15) is 5.82 Å². The van der Waals surface area contributed by atoms with E-state index in [4.69, 9.17) is 16.3 Å². The molecule has 0 bridgehead atoms. The van der Waals surface area contributed by atoms with E-state index in [-0.39, 0.29) is 12.3 Å². The number of ether oxygens (including phenoxy) is 1. The Morgan fingerprint density at radius 1 is 1.05 bits per heavy atom. The molecule has 40 heavy (non-hydrogen) atoms. The first kappa shape index (κ1) is 30.6. The van der Waals surface area contributed by atoms with Gasteiger partial charge < -0.3 is 19.9 Å². The molecular formula is C30H34ClN5O4. The highest BCUT2D eigenvalue weighted by molar-refractivity contribution is 6.43. The molecule has 1 heterocycles. The van der Waals surface area contributed by atoms with Gasteiger partial charge in [0.15, 0.2) is 0 Å². The maximum Gasteiger partial charge on any atom is 0.294 e. The Bertz CT molecular complexity index is 1390. The van der Waals surface area contributed by atoms with Gasteiger partial charge in [-0.15, -0.1) is 0 Å². The number of hydrogen-bond acceptors (Lipinski definition) is 7. The second kappa shape index (κ2) is 14.5. The fraction of sp³-hybridized carbons (Fsp3) is 0.300. The highest BCUT2D eigenvalue weighted by Crippen LogP contribution is 2.23. The largest absolute Gasteiger partial charge is 0.375 e. The number of likely N-dealkylation sites (N-methyl/N-ethyl adjacent to an activating group) is 2. The van der Waals surface area contributed by atoms with E-state index in [0.29, 0.717) is 53.0 Å². The molecule has 10 heteroatoms. The molecule has 1 N–H and O–H groups in total. The highest BCUT2D eigenvalue weighted by Gasteiger charge is 2.21. The van der Waals surface area contributed by atoms with Crippen molar-refractivity contribution in [2.75, 3.05) is 46.7 Å². The van der Waals surface area contributed by atoms with Crippen LogP contribution in [0.2, 0.25) is 5.02 Å². The second-order valence-electron chi connectivity index (χ2n) is 9.66. The van der Waals surface area contributed by atoms with Crippen LogP contribution in [-0.2, 0) is 33.8 Å².